The van der Waals surface area contributed by atoms with E-state index in [0.29, 0.717) is 5.69 Å². The maximum atomic E-state index is 8.60. The monoisotopic (exact) mass is 252 g/mol. The van der Waals surface area contributed by atoms with Gasteiger partial charge in [0, 0.05) is 11.8 Å². The Morgan fingerprint density at radius 2 is 2.11 bits per heavy atom. The van der Waals surface area contributed by atoms with Gasteiger partial charge in [-0.25, -0.2) is 0 Å². The first kappa shape index (κ1) is 12.7. The van der Waals surface area contributed by atoms with Crippen LogP contribution in [0.1, 0.15) is 18.2 Å². The molecule has 0 atom stereocenters. The zero-order valence-corrected chi connectivity index (χ0v) is 10.7. The van der Waals surface area contributed by atoms with Crippen molar-refractivity contribution < 1.29 is 4.42 Å². The molecule has 0 amide bonds. The highest BCUT2D eigenvalue weighted by molar-refractivity contribution is 6.10. The first-order chi connectivity index (χ1) is 9.19. The second-order valence-electron chi connectivity index (χ2n) is 4.01. The number of rotatable bonds is 3. The number of anilines is 1. The normalized spacial score (nSPS) is 9.68. The van der Waals surface area contributed by atoms with Gasteiger partial charge in [0.1, 0.15) is 23.5 Å². The van der Waals surface area contributed by atoms with Crippen LogP contribution < -0.4 is 5.43 Å². The van der Waals surface area contributed by atoms with Crippen LogP contribution in [0.25, 0.3) is 11.0 Å². The average molecular weight is 252 g/mol. The highest BCUT2D eigenvalue weighted by Gasteiger charge is 2.09. The summed E-state index contributed by atoms with van der Waals surface area (Å²) in [5.41, 5.74) is 5.12. The number of hydrogen-bond acceptors (Lipinski definition) is 5. The van der Waals surface area contributed by atoms with Gasteiger partial charge in [0.2, 0.25) is 5.71 Å². The molecule has 0 aliphatic rings. The number of nitriles is 2. The minimum Gasteiger partial charge on any atom is -0.461 e. The second kappa shape index (κ2) is 5.24. The Labute approximate surface area is 110 Å². The summed E-state index contributed by atoms with van der Waals surface area (Å²) in [5.74, 6) is 0.963. The summed E-state index contributed by atoms with van der Waals surface area (Å²) in [4.78, 5) is 0. The summed E-state index contributed by atoms with van der Waals surface area (Å²) in [6, 6.07) is 8.91. The van der Waals surface area contributed by atoms with Gasteiger partial charge in [-0.15, -0.1) is 0 Å². The third-order valence-corrected chi connectivity index (χ3v) is 2.86. The Kier molecular flexibility index (Phi) is 3.49. The van der Waals surface area contributed by atoms with E-state index in [1.54, 1.807) is 18.2 Å². The van der Waals surface area contributed by atoms with E-state index < -0.39 is 0 Å². The molecule has 19 heavy (non-hydrogen) atoms. The smallest absolute Gasteiger partial charge is 0.237 e. The van der Waals surface area contributed by atoms with Crippen LogP contribution in [0.15, 0.2) is 27.7 Å². The quantitative estimate of drug-likeness (QED) is 0.671. The fourth-order valence-electron chi connectivity index (χ4n) is 1.87. The van der Waals surface area contributed by atoms with Crippen molar-refractivity contribution in [3.05, 3.63) is 29.5 Å². The maximum absolute atomic E-state index is 8.60. The van der Waals surface area contributed by atoms with E-state index in [0.717, 1.165) is 28.7 Å². The first-order valence-corrected chi connectivity index (χ1v) is 5.85. The van der Waals surface area contributed by atoms with Crippen LogP contribution in [0.2, 0.25) is 0 Å². The van der Waals surface area contributed by atoms with Gasteiger partial charge >= 0.3 is 0 Å². The van der Waals surface area contributed by atoms with Gasteiger partial charge in [-0.3, -0.25) is 5.43 Å². The molecule has 5 nitrogen and oxygen atoms in total. The average Bonchev–Trinajstić information content (AvgIpc) is 2.76. The molecule has 0 saturated carbocycles. The molecule has 0 spiro atoms. The van der Waals surface area contributed by atoms with Gasteiger partial charge in [-0.05, 0) is 30.7 Å². The molecule has 1 aromatic carbocycles. The van der Waals surface area contributed by atoms with Crippen molar-refractivity contribution in [2.45, 2.75) is 20.3 Å². The van der Waals surface area contributed by atoms with E-state index in [9.17, 15) is 0 Å². The summed E-state index contributed by atoms with van der Waals surface area (Å²) in [5, 5.41) is 21.9. The predicted octanol–water partition coefficient (Wildman–Crippen LogP) is 3.12. The lowest BCUT2D eigenvalue weighted by molar-refractivity contribution is 0.553. The van der Waals surface area contributed by atoms with Crippen LogP contribution in [0, 0.1) is 29.6 Å². The summed E-state index contributed by atoms with van der Waals surface area (Å²) < 4.78 is 5.70. The van der Waals surface area contributed by atoms with Crippen LogP contribution in [0.4, 0.5) is 5.69 Å². The molecule has 2 rings (SSSR count). The Morgan fingerprint density at radius 3 is 2.74 bits per heavy atom. The number of aryl methyl sites for hydroxylation is 2. The third kappa shape index (κ3) is 2.41. The third-order valence-electron chi connectivity index (χ3n) is 2.86. The molecule has 0 aliphatic carbocycles. The first-order valence-electron chi connectivity index (χ1n) is 5.85. The zero-order valence-electron chi connectivity index (χ0n) is 10.7. The van der Waals surface area contributed by atoms with Gasteiger partial charge in [0.05, 0.1) is 5.69 Å². The van der Waals surface area contributed by atoms with E-state index in [-0.39, 0.29) is 5.71 Å². The number of nitrogens with one attached hydrogen (secondary N) is 1. The number of furan rings is 1. The molecule has 94 valence electrons. The van der Waals surface area contributed by atoms with Crippen LogP contribution in [-0.2, 0) is 6.42 Å². The second-order valence-corrected chi connectivity index (χ2v) is 4.01. The van der Waals surface area contributed by atoms with E-state index >= 15 is 0 Å². The molecular formula is C14H12N4O. The molecular weight excluding hydrogens is 240 g/mol. The van der Waals surface area contributed by atoms with Crippen molar-refractivity contribution in [2.24, 2.45) is 5.10 Å². The fourth-order valence-corrected chi connectivity index (χ4v) is 1.87. The standard InChI is InChI=1S/C14H12N4O/c1-3-13-9(2)12-6-10(4-5-14(12)19-13)17-18-11(7-15)8-16/h4-6,17H,3H2,1-2H3. The molecule has 1 heterocycles. The SMILES string of the molecule is CCc1oc2ccc(NN=C(C#N)C#N)cc2c1C. The molecule has 5 heteroatoms. The van der Waals surface area contributed by atoms with Crippen molar-refractivity contribution in [3.8, 4) is 12.1 Å². The van der Waals surface area contributed by atoms with E-state index in [1.807, 2.05) is 26.0 Å². The lowest BCUT2D eigenvalue weighted by atomic mass is 10.1. The van der Waals surface area contributed by atoms with Crippen LogP contribution in [-0.4, -0.2) is 5.71 Å². The van der Waals surface area contributed by atoms with Crippen molar-refractivity contribution in [1.82, 2.24) is 0 Å². The van der Waals surface area contributed by atoms with Gasteiger partial charge in [0.25, 0.3) is 0 Å². The van der Waals surface area contributed by atoms with E-state index in [2.05, 4.69) is 10.5 Å². The van der Waals surface area contributed by atoms with Crippen molar-refractivity contribution >= 4 is 22.4 Å². The Morgan fingerprint density at radius 1 is 1.37 bits per heavy atom. The molecule has 1 aromatic heterocycles. The highest BCUT2D eigenvalue weighted by Crippen LogP contribution is 2.28. The topological polar surface area (TPSA) is 85.1 Å². The molecule has 0 radical (unpaired) electrons. The number of benzene rings is 1. The molecule has 0 bridgehead atoms. The highest BCUT2D eigenvalue weighted by atomic mass is 16.3. The fraction of sp³-hybridized carbons (Fsp3) is 0.214. The van der Waals surface area contributed by atoms with Gasteiger partial charge in [-0.1, -0.05) is 6.92 Å². The number of fused-ring (bicyclic) bond motifs is 1. The summed E-state index contributed by atoms with van der Waals surface area (Å²) in [7, 11) is 0. The predicted molar refractivity (Wildman–Crippen MR) is 72.6 cm³/mol. The molecule has 1 N–H and O–H groups in total. The molecule has 0 fully saturated rings. The van der Waals surface area contributed by atoms with Gasteiger partial charge in [0.15, 0.2) is 0 Å². The molecule has 0 saturated heterocycles. The lowest BCUT2D eigenvalue weighted by Gasteiger charge is -1.99. The zero-order chi connectivity index (χ0) is 13.8. The van der Waals surface area contributed by atoms with Gasteiger partial charge < -0.3 is 4.42 Å². The molecule has 2 aromatic rings. The largest absolute Gasteiger partial charge is 0.461 e. The van der Waals surface area contributed by atoms with Crippen LogP contribution in [0.3, 0.4) is 0 Å². The minimum atomic E-state index is -0.210. The maximum Gasteiger partial charge on any atom is 0.237 e. The number of hydrogen-bond donors (Lipinski definition) is 1. The van der Waals surface area contributed by atoms with Crippen molar-refractivity contribution in [1.29, 1.82) is 10.5 Å². The number of hydrazone groups is 1. The lowest BCUT2D eigenvalue weighted by Crippen LogP contribution is -1.96. The Bertz CT molecular complexity index is 712. The number of nitrogens with zero attached hydrogens (tertiary/aromatic N) is 3. The summed E-state index contributed by atoms with van der Waals surface area (Å²) >= 11 is 0. The Balaban J connectivity index is 2.37. The van der Waals surface area contributed by atoms with E-state index in [4.69, 9.17) is 14.9 Å². The molecule has 0 unspecified atom stereocenters. The Hall–Kier alpha value is -2.79. The van der Waals surface area contributed by atoms with Crippen LogP contribution in [0.5, 0.6) is 0 Å². The van der Waals surface area contributed by atoms with Crippen molar-refractivity contribution in [2.75, 3.05) is 5.43 Å². The summed E-state index contributed by atoms with van der Waals surface area (Å²) in [6.07, 6.45) is 0.842. The van der Waals surface area contributed by atoms with Crippen LogP contribution >= 0.6 is 0 Å². The van der Waals surface area contributed by atoms with E-state index in [1.165, 1.54) is 0 Å². The minimum absolute atomic E-state index is 0.210. The van der Waals surface area contributed by atoms with Gasteiger partial charge in [-0.2, -0.15) is 15.6 Å². The van der Waals surface area contributed by atoms with Crippen molar-refractivity contribution in [3.63, 3.8) is 0 Å². The molecule has 0 aliphatic heterocycles. The summed E-state index contributed by atoms with van der Waals surface area (Å²) in [6.45, 7) is 4.05.